The Morgan fingerprint density at radius 3 is 2.76 bits per heavy atom. The van der Waals surface area contributed by atoms with Gasteiger partial charge in [0.1, 0.15) is 0 Å². The average Bonchev–Trinajstić information content (AvgIpc) is 2.38. The number of pyridine rings is 1. The van der Waals surface area contributed by atoms with Crippen LogP contribution in [0.15, 0.2) is 18.3 Å². The number of rotatable bonds is 4. The van der Waals surface area contributed by atoms with E-state index in [2.05, 4.69) is 10.3 Å². The predicted octanol–water partition coefficient (Wildman–Crippen LogP) is 2.58. The molecule has 1 aliphatic rings. The maximum Gasteiger partial charge on any atom is 0.214 e. The SMILES string of the molecule is OCC1(CNc2ccnc(F)c2)CCCCC1. The maximum absolute atomic E-state index is 12.9. The molecule has 0 aliphatic heterocycles. The van der Waals surface area contributed by atoms with Gasteiger partial charge in [-0.15, -0.1) is 0 Å². The summed E-state index contributed by atoms with van der Waals surface area (Å²) < 4.78 is 12.9. The van der Waals surface area contributed by atoms with Gasteiger partial charge in [0.25, 0.3) is 0 Å². The monoisotopic (exact) mass is 238 g/mol. The number of halogens is 1. The lowest BCUT2D eigenvalue weighted by Gasteiger charge is -2.36. The van der Waals surface area contributed by atoms with Crippen LogP contribution in [0.1, 0.15) is 32.1 Å². The Kier molecular flexibility index (Phi) is 3.94. The van der Waals surface area contributed by atoms with Crippen molar-refractivity contribution in [1.29, 1.82) is 0 Å². The summed E-state index contributed by atoms with van der Waals surface area (Å²) in [7, 11) is 0. The van der Waals surface area contributed by atoms with Crippen molar-refractivity contribution in [2.45, 2.75) is 32.1 Å². The first kappa shape index (κ1) is 12.3. The van der Waals surface area contributed by atoms with E-state index in [1.54, 1.807) is 6.07 Å². The molecule has 3 nitrogen and oxygen atoms in total. The molecule has 1 fully saturated rings. The number of aliphatic hydroxyl groups is 1. The summed E-state index contributed by atoms with van der Waals surface area (Å²) in [5.74, 6) is -0.475. The number of nitrogens with one attached hydrogen (secondary N) is 1. The number of hydrogen-bond donors (Lipinski definition) is 2. The van der Waals surface area contributed by atoms with Gasteiger partial charge >= 0.3 is 0 Å². The number of hydrogen-bond acceptors (Lipinski definition) is 3. The van der Waals surface area contributed by atoms with Crippen LogP contribution in [0.25, 0.3) is 0 Å². The van der Waals surface area contributed by atoms with Crippen LogP contribution >= 0.6 is 0 Å². The van der Waals surface area contributed by atoms with Gasteiger partial charge in [0, 0.05) is 29.9 Å². The molecule has 1 aliphatic carbocycles. The van der Waals surface area contributed by atoms with Gasteiger partial charge in [-0.05, 0) is 18.9 Å². The summed E-state index contributed by atoms with van der Waals surface area (Å²) in [6, 6.07) is 3.13. The highest BCUT2D eigenvalue weighted by molar-refractivity contribution is 5.41. The molecule has 0 saturated heterocycles. The van der Waals surface area contributed by atoms with Crippen LogP contribution in [-0.2, 0) is 0 Å². The maximum atomic E-state index is 12.9. The van der Waals surface area contributed by atoms with E-state index in [-0.39, 0.29) is 12.0 Å². The van der Waals surface area contributed by atoms with Crippen molar-refractivity contribution < 1.29 is 9.50 Å². The Balaban J connectivity index is 1.95. The number of nitrogens with zero attached hydrogens (tertiary/aromatic N) is 1. The van der Waals surface area contributed by atoms with E-state index in [0.717, 1.165) is 18.5 Å². The molecule has 2 rings (SSSR count). The van der Waals surface area contributed by atoms with Gasteiger partial charge in [-0.3, -0.25) is 0 Å². The number of anilines is 1. The fourth-order valence-electron chi connectivity index (χ4n) is 2.49. The third-order valence-electron chi connectivity index (χ3n) is 3.64. The quantitative estimate of drug-likeness (QED) is 0.792. The first-order valence-corrected chi connectivity index (χ1v) is 6.20. The largest absolute Gasteiger partial charge is 0.396 e. The minimum absolute atomic E-state index is 0.0298. The van der Waals surface area contributed by atoms with Gasteiger partial charge in [-0.25, -0.2) is 4.98 Å². The standard InChI is InChI=1S/C13H19FN2O/c14-12-8-11(4-7-15-12)16-9-13(10-17)5-2-1-3-6-13/h4,7-8,17H,1-3,5-6,9-10H2,(H,15,16). The molecule has 0 unspecified atom stereocenters. The smallest absolute Gasteiger partial charge is 0.214 e. The summed E-state index contributed by atoms with van der Waals surface area (Å²) in [5.41, 5.74) is 0.703. The molecular formula is C13H19FN2O. The van der Waals surface area contributed by atoms with Crippen molar-refractivity contribution in [2.75, 3.05) is 18.5 Å². The van der Waals surface area contributed by atoms with E-state index < -0.39 is 5.95 Å². The molecule has 0 spiro atoms. The zero-order valence-electron chi connectivity index (χ0n) is 9.95. The number of aromatic nitrogens is 1. The summed E-state index contributed by atoms with van der Waals surface area (Å²) in [6.07, 6.45) is 7.14. The summed E-state index contributed by atoms with van der Waals surface area (Å²) >= 11 is 0. The Morgan fingerprint density at radius 1 is 1.35 bits per heavy atom. The second-order valence-electron chi connectivity index (χ2n) is 4.94. The molecule has 0 atom stereocenters. The van der Waals surface area contributed by atoms with Crippen molar-refractivity contribution in [3.8, 4) is 0 Å². The Morgan fingerprint density at radius 2 is 2.12 bits per heavy atom. The molecule has 1 saturated carbocycles. The lowest BCUT2D eigenvalue weighted by Crippen LogP contribution is -2.35. The summed E-state index contributed by atoms with van der Waals surface area (Å²) in [5, 5.41) is 12.8. The average molecular weight is 238 g/mol. The second kappa shape index (κ2) is 5.45. The Labute approximate surface area is 101 Å². The van der Waals surface area contributed by atoms with Crippen molar-refractivity contribution in [1.82, 2.24) is 4.98 Å². The molecule has 17 heavy (non-hydrogen) atoms. The van der Waals surface area contributed by atoms with Crippen LogP contribution in [0, 0.1) is 11.4 Å². The molecule has 1 aromatic heterocycles. The van der Waals surface area contributed by atoms with Crippen LogP contribution < -0.4 is 5.32 Å². The molecule has 94 valence electrons. The normalized spacial score (nSPS) is 18.9. The topological polar surface area (TPSA) is 45.1 Å². The van der Waals surface area contributed by atoms with Gasteiger partial charge in [0.15, 0.2) is 0 Å². The molecule has 0 bridgehead atoms. The fourth-order valence-corrected chi connectivity index (χ4v) is 2.49. The molecule has 1 heterocycles. The third-order valence-corrected chi connectivity index (χ3v) is 3.64. The summed E-state index contributed by atoms with van der Waals surface area (Å²) in [6.45, 7) is 0.903. The van der Waals surface area contributed by atoms with Gasteiger partial charge in [0.2, 0.25) is 5.95 Å². The Bertz CT molecular complexity index is 364. The highest BCUT2D eigenvalue weighted by atomic mass is 19.1. The zero-order valence-corrected chi connectivity index (χ0v) is 9.95. The molecule has 0 radical (unpaired) electrons. The van der Waals surface area contributed by atoms with E-state index in [1.165, 1.54) is 31.5 Å². The first-order valence-electron chi connectivity index (χ1n) is 6.20. The molecule has 1 aromatic rings. The van der Waals surface area contributed by atoms with Gasteiger partial charge in [0.05, 0.1) is 6.61 Å². The van der Waals surface area contributed by atoms with Crippen molar-refractivity contribution in [3.63, 3.8) is 0 Å². The fraction of sp³-hybridized carbons (Fsp3) is 0.615. The van der Waals surface area contributed by atoms with Crippen molar-refractivity contribution >= 4 is 5.69 Å². The van der Waals surface area contributed by atoms with Crippen LogP contribution in [0.5, 0.6) is 0 Å². The first-order chi connectivity index (χ1) is 8.24. The van der Waals surface area contributed by atoms with E-state index >= 15 is 0 Å². The lowest BCUT2D eigenvalue weighted by molar-refractivity contribution is 0.0944. The van der Waals surface area contributed by atoms with Gasteiger partial charge in [-0.2, -0.15) is 4.39 Å². The Hall–Kier alpha value is -1.16. The molecule has 4 heteroatoms. The summed E-state index contributed by atoms with van der Waals surface area (Å²) in [4.78, 5) is 3.52. The van der Waals surface area contributed by atoms with Crippen molar-refractivity contribution in [3.05, 3.63) is 24.3 Å². The predicted molar refractivity (Wildman–Crippen MR) is 65.3 cm³/mol. The van der Waals surface area contributed by atoms with E-state index in [4.69, 9.17) is 0 Å². The van der Waals surface area contributed by atoms with E-state index in [1.807, 2.05) is 0 Å². The second-order valence-corrected chi connectivity index (χ2v) is 4.94. The lowest BCUT2D eigenvalue weighted by atomic mass is 9.74. The van der Waals surface area contributed by atoms with E-state index in [0.29, 0.717) is 6.54 Å². The zero-order chi connectivity index (χ0) is 12.1. The molecule has 2 N–H and O–H groups in total. The van der Waals surface area contributed by atoms with Crippen LogP contribution in [-0.4, -0.2) is 23.2 Å². The highest BCUT2D eigenvalue weighted by Gasteiger charge is 2.31. The van der Waals surface area contributed by atoms with E-state index in [9.17, 15) is 9.50 Å². The van der Waals surface area contributed by atoms with Crippen LogP contribution in [0.2, 0.25) is 0 Å². The van der Waals surface area contributed by atoms with Gasteiger partial charge in [-0.1, -0.05) is 19.3 Å². The van der Waals surface area contributed by atoms with Crippen LogP contribution in [0.4, 0.5) is 10.1 Å². The third kappa shape index (κ3) is 3.16. The van der Waals surface area contributed by atoms with Gasteiger partial charge < -0.3 is 10.4 Å². The minimum atomic E-state index is -0.475. The van der Waals surface area contributed by atoms with Crippen LogP contribution in [0.3, 0.4) is 0 Å². The minimum Gasteiger partial charge on any atom is -0.396 e. The molecule has 0 aromatic carbocycles. The number of aliphatic hydroxyl groups excluding tert-OH is 1. The highest BCUT2D eigenvalue weighted by Crippen LogP contribution is 2.35. The molecular weight excluding hydrogens is 219 g/mol. The van der Waals surface area contributed by atoms with Crippen molar-refractivity contribution in [2.24, 2.45) is 5.41 Å². The molecule has 0 amide bonds.